The van der Waals surface area contributed by atoms with Crippen LogP contribution in [0.25, 0.3) is 16.5 Å². The number of benzene rings is 1. The van der Waals surface area contributed by atoms with Gasteiger partial charge in [0.25, 0.3) is 0 Å². The molecule has 0 radical (unpaired) electrons. The van der Waals surface area contributed by atoms with Gasteiger partial charge in [0.15, 0.2) is 0 Å². The average molecular weight is 295 g/mol. The first-order valence-corrected chi connectivity index (χ1v) is 7.71. The van der Waals surface area contributed by atoms with E-state index < -0.39 is 0 Å². The first-order chi connectivity index (χ1) is 10.9. The molecule has 1 aliphatic heterocycles. The predicted molar refractivity (Wildman–Crippen MR) is 90.7 cm³/mol. The van der Waals surface area contributed by atoms with Crippen LogP contribution in [0.3, 0.4) is 0 Å². The molecule has 5 nitrogen and oxygen atoms in total. The van der Waals surface area contributed by atoms with Crippen LogP contribution in [0.2, 0.25) is 0 Å². The van der Waals surface area contributed by atoms with Crippen molar-refractivity contribution in [1.82, 2.24) is 14.9 Å². The minimum atomic E-state index is 0.813. The molecule has 0 atom stereocenters. The summed E-state index contributed by atoms with van der Waals surface area (Å²) >= 11 is 0. The number of aromatic nitrogens is 2. The molecule has 1 aromatic heterocycles. The number of hydrogen-bond donors (Lipinski definition) is 1. The van der Waals surface area contributed by atoms with Gasteiger partial charge >= 0.3 is 0 Å². The second-order valence-electron chi connectivity index (χ2n) is 5.50. The zero-order valence-corrected chi connectivity index (χ0v) is 12.7. The average Bonchev–Trinajstić information content (AvgIpc) is 3.08. The van der Waals surface area contributed by atoms with Gasteiger partial charge in [-0.25, -0.2) is 9.97 Å². The van der Waals surface area contributed by atoms with Crippen LogP contribution in [-0.4, -0.2) is 47.3 Å². The maximum atomic E-state index is 5.76. The van der Waals surface area contributed by atoms with Gasteiger partial charge in [0.1, 0.15) is 6.33 Å². The van der Waals surface area contributed by atoms with Gasteiger partial charge in [-0.15, -0.1) is 0 Å². The van der Waals surface area contributed by atoms with E-state index in [2.05, 4.69) is 19.9 Å². The topological polar surface area (TPSA) is 67.4 Å². The monoisotopic (exact) mass is 295 g/mol. The highest BCUT2D eigenvalue weighted by atomic mass is 15.1. The Balaban J connectivity index is 1.66. The second-order valence-corrected chi connectivity index (χ2v) is 5.50. The molecule has 0 bridgehead atoms. The van der Waals surface area contributed by atoms with E-state index in [1.54, 1.807) is 12.5 Å². The molecule has 2 N–H and O–H groups in total. The van der Waals surface area contributed by atoms with Crippen molar-refractivity contribution < 1.29 is 0 Å². The molecule has 0 saturated carbocycles. The van der Waals surface area contributed by atoms with Crippen LogP contribution < -0.4 is 5.73 Å². The first-order valence-electron chi connectivity index (χ1n) is 7.71. The Morgan fingerprint density at radius 3 is 3.00 bits per heavy atom. The molecule has 0 aliphatic carbocycles. The zero-order chi connectivity index (χ0) is 15.2. The molecule has 114 valence electrons. The van der Waals surface area contributed by atoms with Crippen LogP contribution >= 0.6 is 0 Å². The van der Waals surface area contributed by atoms with Gasteiger partial charge in [0.2, 0.25) is 0 Å². The smallest absolute Gasteiger partial charge is 0.116 e. The second kappa shape index (κ2) is 7.13. The summed E-state index contributed by atoms with van der Waals surface area (Å²) in [6.07, 6.45) is 9.46. The SMILES string of the molecule is NC=C(C=NCCN1CCCC1)c1ccc2cncnc2c1. The van der Waals surface area contributed by atoms with Gasteiger partial charge in [-0.3, -0.25) is 4.99 Å². The molecule has 1 aliphatic rings. The number of nitrogens with two attached hydrogens (primary N) is 1. The lowest BCUT2D eigenvalue weighted by Gasteiger charge is -2.11. The molecule has 0 amide bonds. The van der Waals surface area contributed by atoms with Crippen molar-refractivity contribution in [3.05, 3.63) is 42.5 Å². The molecule has 22 heavy (non-hydrogen) atoms. The van der Waals surface area contributed by atoms with Crippen molar-refractivity contribution >= 4 is 22.7 Å². The number of hydrogen-bond acceptors (Lipinski definition) is 5. The van der Waals surface area contributed by atoms with Gasteiger partial charge in [-0.2, -0.15) is 0 Å². The highest BCUT2D eigenvalue weighted by Gasteiger charge is 2.09. The zero-order valence-electron chi connectivity index (χ0n) is 12.7. The molecular weight excluding hydrogens is 274 g/mol. The Bertz CT molecular complexity index is 686. The van der Waals surface area contributed by atoms with Crippen LogP contribution in [0, 0.1) is 0 Å². The minimum absolute atomic E-state index is 0.813. The van der Waals surface area contributed by atoms with Crippen LogP contribution in [-0.2, 0) is 0 Å². The van der Waals surface area contributed by atoms with E-state index in [1.807, 2.05) is 30.6 Å². The first kappa shape index (κ1) is 14.7. The van der Waals surface area contributed by atoms with Crippen LogP contribution in [0.15, 0.2) is 41.9 Å². The van der Waals surface area contributed by atoms with Crippen molar-refractivity contribution in [3.63, 3.8) is 0 Å². The molecule has 1 aromatic carbocycles. The maximum Gasteiger partial charge on any atom is 0.116 e. The Hall–Kier alpha value is -2.27. The summed E-state index contributed by atoms with van der Waals surface area (Å²) in [4.78, 5) is 15.3. The van der Waals surface area contributed by atoms with Gasteiger partial charge in [0, 0.05) is 36.1 Å². The molecule has 1 fully saturated rings. The van der Waals surface area contributed by atoms with Crippen LogP contribution in [0.1, 0.15) is 18.4 Å². The van der Waals surface area contributed by atoms with Crippen molar-refractivity contribution in [3.8, 4) is 0 Å². The molecule has 3 rings (SSSR count). The van der Waals surface area contributed by atoms with E-state index in [-0.39, 0.29) is 0 Å². The Labute approximate surface area is 130 Å². The molecule has 0 spiro atoms. The van der Waals surface area contributed by atoms with Crippen LogP contribution in [0.4, 0.5) is 0 Å². The minimum Gasteiger partial charge on any atom is -0.404 e. The van der Waals surface area contributed by atoms with Crippen molar-refractivity contribution in [2.24, 2.45) is 10.7 Å². The molecule has 0 unspecified atom stereocenters. The summed E-state index contributed by atoms with van der Waals surface area (Å²) < 4.78 is 0. The highest BCUT2D eigenvalue weighted by Crippen LogP contribution is 2.17. The summed E-state index contributed by atoms with van der Waals surface area (Å²) in [7, 11) is 0. The molecule has 2 aromatic rings. The van der Waals surface area contributed by atoms with Crippen molar-refractivity contribution in [2.45, 2.75) is 12.8 Å². The summed E-state index contributed by atoms with van der Waals surface area (Å²) in [5.41, 5.74) is 8.62. The summed E-state index contributed by atoms with van der Waals surface area (Å²) in [6, 6.07) is 6.05. The number of nitrogens with zero attached hydrogens (tertiary/aromatic N) is 4. The normalized spacial score (nSPS) is 16.8. The maximum absolute atomic E-state index is 5.76. The fourth-order valence-corrected chi connectivity index (χ4v) is 2.74. The fraction of sp³-hybridized carbons (Fsp3) is 0.353. The van der Waals surface area contributed by atoms with E-state index in [4.69, 9.17) is 5.73 Å². The number of aliphatic imine (C=N–C) groups is 1. The van der Waals surface area contributed by atoms with E-state index in [1.165, 1.54) is 25.9 Å². The number of rotatable bonds is 5. The molecule has 1 saturated heterocycles. The number of allylic oxidation sites excluding steroid dienone is 1. The third kappa shape index (κ3) is 3.49. The Morgan fingerprint density at radius 2 is 2.18 bits per heavy atom. The van der Waals surface area contributed by atoms with Gasteiger partial charge in [0.05, 0.1) is 12.1 Å². The summed E-state index contributed by atoms with van der Waals surface area (Å²) in [5.74, 6) is 0. The predicted octanol–water partition coefficient (Wildman–Crippen LogP) is 2.10. The van der Waals surface area contributed by atoms with Gasteiger partial charge in [-0.05, 0) is 37.6 Å². The standard InChI is InChI=1S/C17H21N5/c18-10-16(12-19-5-8-22-6-1-2-7-22)14-3-4-15-11-20-13-21-17(15)9-14/h3-4,9-13H,1-2,5-8,18H2. The summed E-state index contributed by atoms with van der Waals surface area (Å²) in [5, 5.41) is 1.02. The lowest BCUT2D eigenvalue weighted by atomic mass is 10.1. The fourth-order valence-electron chi connectivity index (χ4n) is 2.74. The van der Waals surface area contributed by atoms with E-state index in [0.717, 1.165) is 35.1 Å². The van der Waals surface area contributed by atoms with Gasteiger partial charge < -0.3 is 10.6 Å². The summed E-state index contributed by atoms with van der Waals surface area (Å²) in [6.45, 7) is 4.26. The highest BCUT2D eigenvalue weighted by molar-refractivity contribution is 6.10. The molecule has 5 heteroatoms. The van der Waals surface area contributed by atoms with Crippen LogP contribution in [0.5, 0.6) is 0 Å². The third-order valence-electron chi connectivity index (χ3n) is 3.99. The Morgan fingerprint density at radius 1 is 1.32 bits per heavy atom. The largest absolute Gasteiger partial charge is 0.404 e. The van der Waals surface area contributed by atoms with E-state index in [9.17, 15) is 0 Å². The van der Waals surface area contributed by atoms with Crippen molar-refractivity contribution in [1.29, 1.82) is 0 Å². The van der Waals surface area contributed by atoms with Crippen molar-refractivity contribution in [2.75, 3.05) is 26.2 Å². The number of fused-ring (bicyclic) bond motifs is 1. The third-order valence-corrected chi connectivity index (χ3v) is 3.99. The quantitative estimate of drug-likeness (QED) is 0.858. The lowest BCUT2D eigenvalue weighted by molar-refractivity contribution is 0.349. The lowest BCUT2D eigenvalue weighted by Crippen LogP contribution is -2.22. The number of likely N-dealkylation sites (tertiary alicyclic amines) is 1. The van der Waals surface area contributed by atoms with Gasteiger partial charge in [-0.1, -0.05) is 12.1 Å². The van der Waals surface area contributed by atoms with E-state index in [0.29, 0.717) is 0 Å². The molecular formula is C17H21N5. The Kier molecular flexibility index (Phi) is 4.75. The molecule has 2 heterocycles. The van der Waals surface area contributed by atoms with E-state index >= 15 is 0 Å².